The maximum absolute atomic E-state index is 12.3. The molecule has 168 valence electrons. The number of hydrogen-bond acceptors (Lipinski definition) is 7. The minimum absolute atomic E-state index is 0.238. The molecule has 0 atom stereocenters. The normalized spacial score (nSPS) is 14.8. The van der Waals surface area contributed by atoms with Crippen molar-refractivity contribution in [3.8, 4) is 5.69 Å². The van der Waals surface area contributed by atoms with Crippen LogP contribution in [0.25, 0.3) is 5.69 Å². The Hall–Kier alpha value is -3.56. The van der Waals surface area contributed by atoms with Crippen LogP contribution in [0.4, 0.5) is 0 Å². The van der Waals surface area contributed by atoms with Gasteiger partial charge >= 0.3 is 5.69 Å². The number of aromatic nitrogens is 6. The minimum atomic E-state index is -0.317. The second-order valence-electron chi connectivity index (χ2n) is 8.06. The van der Waals surface area contributed by atoms with Gasteiger partial charge in [-0.25, -0.2) is 4.79 Å². The van der Waals surface area contributed by atoms with E-state index in [9.17, 15) is 4.79 Å². The molecule has 1 saturated carbocycles. The van der Waals surface area contributed by atoms with E-state index in [0.717, 1.165) is 35.0 Å². The van der Waals surface area contributed by atoms with E-state index in [-0.39, 0.29) is 12.3 Å². The van der Waals surface area contributed by atoms with E-state index >= 15 is 0 Å². The van der Waals surface area contributed by atoms with Gasteiger partial charge in [0.1, 0.15) is 12.3 Å². The average molecular weight is 437 g/mol. The zero-order valence-electron chi connectivity index (χ0n) is 18.9. The van der Waals surface area contributed by atoms with Gasteiger partial charge in [-0.3, -0.25) is 4.68 Å². The number of hydrogen-bond donors (Lipinski definition) is 0. The minimum Gasteiger partial charge on any atom is -0.475 e. The smallest absolute Gasteiger partial charge is 0.368 e. The molecule has 32 heavy (non-hydrogen) atoms. The van der Waals surface area contributed by atoms with E-state index < -0.39 is 0 Å². The lowest BCUT2D eigenvalue weighted by molar-refractivity contribution is 0.282. The fourth-order valence-corrected chi connectivity index (χ4v) is 3.30. The van der Waals surface area contributed by atoms with Crippen LogP contribution in [-0.2, 0) is 24.9 Å². The summed E-state index contributed by atoms with van der Waals surface area (Å²) in [6, 6.07) is 7.62. The molecule has 2 heterocycles. The molecule has 0 N–H and O–H groups in total. The van der Waals surface area contributed by atoms with Gasteiger partial charge in [0.05, 0.1) is 11.4 Å². The molecule has 10 nitrogen and oxygen atoms in total. The molecule has 0 spiro atoms. The summed E-state index contributed by atoms with van der Waals surface area (Å²) in [5.74, 6) is 1.27. The van der Waals surface area contributed by atoms with Crippen LogP contribution in [0, 0.1) is 12.8 Å². The molecule has 0 bridgehead atoms. The van der Waals surface area contributed by atoms with E-state index in [1.807, 2.05) is 55.9 Å². The third-order valence-electron chi connectivity index (χ3n) is 5.49. The molecule has 0 unspecified atom stereocenters. The molecule has 10 heteroatoms. The summed E-state index contributed by atoms with van der Waals surface area (Å²) in [4.78, 5) is 12.3. The Kier molecular flexibility index (Phi) is 6.29. The van der Waals surface area contributed by atoms with Crippen molar-refractivity contribution >= 4 is 11.6 Å². The first-order valence-electron chi connectivity index (χ1n) is 10.8. The molecule has 2 aromatic heterocycles. The van der Waals surface area contributed by atoms with Crippen LogP contribution in [0.15, 0.2) is 45.5 Å². The summed E-state index contributed by atoms with van der Waals surface area (Å²) in [5.41, 5.74) is 3.69. The Labute approximate surface area is 186 Å². The van der Waals surface area contributed by atoms with Crippen molar-refractivity contribution in [2.45, 2.75) is 53.2 Å². The molecular weight excluding hydrogens is 408 g/mol. The predicted octanol–water partition coefficient (Wildman–Crippen LogP) is 2.63. The maximum atomic E-state index is 12.3. The molecule has 0 amide bonds. The van der Waals surface area contributed by atoms with Gasteiger partial charge in [0, 0.05) is 31.8 Å². The van der Waals surface area contributed by atoms with E-state index in [1.165, 1.54) is 22.2 Å². The molecule has 4 rings (SSSR count). The Bertz CT molecular complexity index is 1210. The van der Waals surface area contributed by atoms with Gasteiger partial charge in [-0.15, -0.1) is 5.10 Å². The van der Waals surface area contributed by atoms with Gasteiger partial charge in [0.15, 0.2) is 0 Å². The number of rotatable bonds is 8. The number of tetrazole rings is 1. The molecule has 0 saturated heterocycles. The first kappa shape index (κ1) is 21.7. The van der Waals surface area contributed by atoms with Crippen LogP contribution in [0.2, 0.25) is 0 Å². The van der Waals surface area contributed by atoms with Crippen molar-refractivity contribution in [1.29, 1.82) is 0 Å². The van der Waals surface area contributed by atoms with Gasteiger partial charge in [-0.2, -0.15) is 19.6 Å². The van der Waals surface area contributed by atoms with Gasteiger partial charge < -0.3 is 4.74 Å². The van der Waals surface area contributed by atoms with E-state index in [2.05, 4.69) is 25.7 Å². The monoisotopic (exact) mass is 436 g/mol. The van der Waals surface area contributed by atoms with Crippen LogP contribution >= 0.6 is 0 Å². The second-order valence-corrected chi connectivity index (χ2v) is 8.06. The van der Waals surface area contributed by atoms with E-state index in [0.29, 0.717) is 18.0 Å². The van der Waals surface area contributed by atoms with E-state index in [4.69, 9.17) is 4.74 Å². The average Bonchev–Trinajstić information content (AvgIpc) is 3.37. The lowest BCUT2D eigenvalue weighted by Crippen LogP contribution is -2.23. The fraction of sp³-hybridized carbons (Fsp3) is 0.455. The van der Waals surface area contributed by atoms with Crippen LogP contribution in [0.3, 0.4) is 0 Å². The lowest BCUT2D eigenvalue weighted by Gasteiger charge is -2.13. The third kappa shape index (κ3) is 4.84. The Morgan fingerprint density at radius 1 is 1.22 bits per heavy atom. The van der Waals surface area contributed by atoms with Crippen molar-refractivity contribution in [1.82, 2.24) is 29.6 Å². The highest BCUT2D eigenvalue weighted by Crippen LogP contribution is 2.30. The first-order valence-corrected chi connectivity index (χ1v) is 10.8. The van der Waals surface area contributed by atoms with Gasteiger partial charge in [0.2, 0.25) is 5.90 Å². The van der Waals surface area contributed by atoms with Crippen molar-refractivity contribution in [2.75, 3.05) is 0 Å². The number of benzene rings is 1. The highest BCUT2D eigenvalue weighted by atomic mass is 16.5. The predicted molar refractivity (Wildman–Crippen MR) is 121 cm³/mol. The summed E-state index contributed by atoms with van der Waals surface area (Å²) in [5, 5.41) is 21.0. The summed E-state index contributed by atoms with van der Waals surface area (Å²) in [7, 11) is 1.56. The van der Waals surface area contributed by atoms with Gasteiger partial charge in [-0.05, 0) is 60.7 Å². The highest BCUT2D eigenvalue weighted by Gasteiger charge is 2.22. The quantitative estimate of drug-likeness (QED) is 0.307. The largest absolute Gasteiger partial charge is 0.475 e. The summed E-state index contributed by atoms with van der Waals surface area (Å²) >= 11 is 0. The van der Waals surface area contributed by atoms with E-state index in [1.54, 1.807) is 7.05 Å². The molecule has 0 radical (unpaired) electrons. The fourth-order valence-electron chi connectivity index (χ4n) is 3.30. The number of aryl methyl sites for hydroxylation is 2. The topological polar surface area (TPSA) is 104 Å². The van der Waals surface area contributed by atoms with Crippen LogP contribution in [0.1, 0.15) is 49.9 Å². The van der Waals surface area contributed by atoms with Crippen molar-refractivity contribution in [3.63, 3.8) is 0 Å². The maximum Gasteiger partial charge on any atom is 0.368 e. The molecule has 1 aliphatic rings. The van der Waals surface area contributed by atoms with Gasteiger partial charge in [-0.1, -0.05) is 19.1 Å². The van der Waals surface area contributed by atoms with Crippen LogP contribution in [0.5, 0.6) is 0 Å². The SMILES string of the molecule is CC/C(=N\N=C(C)c1ccn(CC2CC2)n1)OCc1c(C)cccc1-n1nnn(C)c1=O. The van der Waals surface area contributed by atoms with Gasteiger partial charge in [0.25, 0.3) is 0 Å². The summed E-state index contributed by atoms with van der Waals surface area (Å²) in [6.07, 6.45) is 5.15. The molecule has 1 aromatic carbocycles. The third-order valence-corrected chi connectivity index (χ3v) is 5.49. The van der Waals surface area contributed by atoms with Crippen molar-refractivity contribution in [2.24, 2.45) is 23.2 Å². The number of nitrogens with zero attached hydrogens (tertiary/aromatic N) is 8. The summed E-state index contributed by atoms with van der Waals surface area (Å²) < 4.78 is 10.4. The second kappa shape index (κ2) is 9.29. The van der Waals surface area contributed by atoms with Crippen molar-refractivity contribution in [3.05, 3.63) is 57.8 Å². The highest BCUT2D eigenvalue weighted by molar-refractivity contribution is 5.97. The summed E-state index contributed by atoms with van der Waals surface area (Å²) in [6.45, 7) is 7.02. The molecule has 0 aliphatic heterocycles. The van der Waals surface area contributed by atoms with Crippen molar-refractivity contribution < 1.29 is 4.74 Å². The lowest BCUT2D eigenvalue weighted by atomic mass is 10.1. The zero-order valence-corrected chi connectivity index (χ0v) is 18.9. The van der Waals surface area contributed by atoms with Crippen LogP contribution < -0.4 is 5.69 Å². The molecule has 1 fully saturated rings. The molecular formula is C22H28N8O2. The van der Waals surface area contributed by atoms with Crippen LogP contribution in [-0.4, -0.2) is 41.2 Å². The number of ether oxygens (including phenoxy) is 1. The Morgan fingerprint density at radius 3 is 2.72 bits per heavy atom. The Balaban J connectivity index is 1.49. The molecule has 3 aromatic rings. The first-order chi connectivity index (χ1) is 15.5. The standard InChI is InChI=1S/C22H28N8O2/c1-5-21(24-23-16(3)19-11-12-29(25-19)13-17-9-10-17)32-14-18-15(2)7-6-8-20(18)30-22(31)28(4)26-27-30/h6-8,11-12,17H,5,9-10,13-14H2,1-4H3/b23-16?,24-21+. The zero-order chi connectivity index (χ0) is 22.7. The Morgan fingerprint density at radius 2 is 2.03 bits per heavy atom. The molecule has 1 aliphatic carbocycles.